The molecule has 1 atom stereocenters. The summed E-state index contributed by atoms with van der Waals surface area (Å²) < 4.78 is 4.25. The second-order valence-corrected chi connectivity index (χ2v) is 1.59. The first-order valence-electron chi connectivity index (χ1n) is 2.11. The van der Waals surface area contributed by atoms with Crippen LogP contribution in [-0.2, 0) is 9.53 Å². The Labute approximate surface area is 64.9 Å². The Bertz CT molecular complexity index is 88.6. The van der Waals surface area contributed by atoms with Crippen molar-refractivity contribution in [3.05, 3.63) is 0 Å². The van der Waals surface area contributed by atoms with Crippen LogP contribution in [0.25, 0.3) is 0 Å². The van der Waals surface area contributed by atoms with Gasteiger partial charge in [-0.3, -0.25) is 4.79 Å². The predicted molar refractivity (Wildman–Crippen MR) is 38.0 cm³/mol. The fourth-order valence-corrected chi connectivity index (χ4v) is 0.340. The largest absolute Gasteiger partial charge is 0.468 e. The third kappa shape index (κ3) is 4.51. The molecule has 3 nitrogen and oxygen atoms in total. The Hall–Kier alpha value is 0.01000. The molecule has 2 N–H and O–H groups in total. The Kier molecular flexibility index (Phi) is 8.02. The zero-order chi connectivity index (χ0) is 6.57. The number of hydrogen-bond donors (Lipinski definition) is 1. The Morgan fingerprint density at radius 3 is 2.44 bits per heavy atom. The molecule has 0 spiro atoms. The first kappa shape index (κ1) is 11.8. The van der Waals surface area contributed by atoms with Crippen molar-refractivity contribution in [1.82, 2.24) is 0 Å². The van der Waals surface area contributed by atoms with Crippen LogP contribution in [-0.4, -0.2) is 25.0 Å². The van der Waals surface area contributed by atoms with Crippen molar-refractivity contribution in [2.75, 3.05) is 13.0 Å². The topological polar surface area (TPSA) is 52.3 Å². The zero-order valence-corrected chi connectivity index (χ0v) is 6.54. The number of alkyl halides is 1. The molecule has 0 rings (SSSR count). The van der Waals surface area contributed by atoms with Gasteiger partial charge in [0.05, 0.1) is 7.11 Å². The number of carbonyl (C=O) groups is 1. The van der Waals surface area contributed by atoms with Crippen molar-refractivity contribution in [2.45, 2.75) is 6.04 Å². The van der Waals surface area contributed by atoms with Crippen LogP contribution < -0.4 is 5.73 Å². The van der Waals surface area contributed by atoms with Crippen LogP contribution in [0, 0.1) is 0 Å². The van der Waals surface area contributed by atoms with Crippen LogP contribution in [0.15, 0.2) is 0 Å². The molecule has 0 amide bonds. The van der Waals surface area contributed by atoms with E-state index in [4.69, 9.17) is 17.3 Å². The molecule has 0 aliphatic rings. The van der Waals surface area contributed by atoms with Gasteiger partial charge in [0.25, 0.3) is 0 Å². The van der Waals surface area contributed by atoms with Crippen LogP contribution in [0.1, 0.15) is 0 Å². The third-order valence-corrected chi connectivity index (χ3v) is 1.00. The van der Waals surface area contributed by atoms with Crippen LogP contribution >= 0.6 is 24.0 Å². The molecule has 5 heteroatoms. The second kappa shape index (κ2) is 6.13. The maximum Gasteiger partial charge on any atom is 0.323 e. The van der Waals surface area contributed by atoms with E-state index in [0.717, 1.165) is 0 Å². The minimum atomic E-state index is -0.679. The fraction of sp³-hybridized carbons (Fsp3) is 0.750. The molecule has 9 heavy (non-hydrogen) atoms. The van der Waals surface area contributed by atoms with E-state index in [1.165, 1.54) is 7.11 Å². The summed E-state index contributed by atoms with van der Waals surface area (Å²) in [6.07, 6.45) is 0. The van der Waals surface area contributed by atoms with Crippen molar-refractivity contribution in [3.63, 3.8) is 0 Å². The van der Waals surface area contributed by atoms with Gasteiger partial charge in [0.1, 0.15) is 6.04 Å². The van der Waals surface area contributed by atoms with E-state index in [-0.39, 0.29) is 18.3 Å². The molecule has 0 saturated carbocycles. The quantitative estimate of drug-likeness (QED) is 0.478. The molecule has 0 aliphatic carbocycles. The number of hydrogen-bond acceptors (Lipinski definition) is 3. The summed E-state index contributed by atoms with van der Waals surface area (Å²) in [5.41, 5.74) is 5.12. The Morgan fingerprint density at radius 1 is 1.89 bits per heavy atom. The van der Waals surface area contributed by atoms with E-state index < -0.39 is 12.0 Å². The third-order valence-electron chi connectivity index (χ3n) is 0.670. The van der Waals surface area contributed by atoms with Gasteiger partial charge in [-0.25, -0.2) is 0 Å². The average molecular weight is 174 g/mol. The van der Waals surface area contributed by atoms with Crippen molar-refractivity contribution < 1.29 is 9.53 Å². The molecule has 0 bridgehead atoms. The summed E-state index contributed by atoms with van der Waals surface area (Å²) in [4.78, 5) is 10.3. The number of rotatable bonds is 2. The summed E-state index contributed by atoms with van der Waals surface area (Å²) in [6, 6.07) is -0.679. The molecule has 0 aromatic heterocycles. The lowest BCUT2D eigenvalue weighted by Gasteiger charge is -2.01. The van der Waals surface area contributed by atoms with Gasteiger partial charge in [-0.05, 0) is 0 Å². The van der Waals surface area contributed by atoms with Crippen LogP contribution in [0.4, 0.5) is 0 Å². The van der Waals surface area contributed by atoms with Gasteiger partial charge in [-0.1, -0.05) is 0 Å². The molecule has 56 valence electrons. The first-order chi connectivity index (χ1) is 3.72. The second-order valence-electron chi connectivity index (χ2n) is 1.28. The van der Waals surface area contributed by atoms with E-state index in [1.807, 2.05) is 0 Å². The highest BCUT2D eigenvalue weighted by Gasteiger charge is 2.10. The lowest BCUT2D eigenvalue weighted by atomic mass is 10.4. The molecule has 0 unspecified atom stereocenters. The van der Waals surface area contributed by atoms with Crippen molar-refractivity contribution in [1.29, 1.82) is 0 Å². The van der Waals surface area contributed by atoms with Gasteiger partial charge in [0.15, 0.2) is 0 Å². The van der Waals surface area contributed by atoms with Crippen molar-refractivity contribution >= 4 is 30.0 Å². The summed E-state index contributed by atoms with van der Waals surface area (Å²) in [7, 11) is 1.27. The smallest absolute Gasteiger partial charge is 0.323 e. The number of esters is 1. The summed E-state index contributed by atoms with van der Waals surface area (Å²) in [6.45, 7) is 0. The molecule has 0 aromatic rings. The van der Waals surface area contributed by atoms with Crippen molar-refractivity contribution in [3.8, 4) is 0 Å². The minimum absolute atomic E-state index is 0. The van der Waals surface area contributed by atoms with Gasteiger partial charge in [-0.15, -0.1) is 24.0 Å². The predicted octanol–water partition coefficient (Wildman–Crippen LogP) is 0.147. The van der Waals surface area contributed by atoms with E-state index in [2.05, 4.69) is 4.74 Å². The minimum Gasteiger partial charge on any atom is -0.468 e. The lowest BCUT2D eigenvalue weighted by Crippen LogP contribution is -2.32. The molecular formula is C4H9Cl2NO2. The highest BCUT2D eigenvalue weighted by Crippen LogP contribution is 1.85. The molecular weight excluding hydrogens is 165 g/mol. The summed E-state index contributed by atoms with van der Waals surface area (Å²) in [5.74, 6) is -0.368. The molecule has 0 saturated heterocycles. The van der Waals surface area contributed by atoms with E-state index in [9.17, 15) is 4.79 Å². The number of nitrogens with two attached hydrogens (primary N) is 1. The average Bonchev–Trinajstić information content (AvgIpc) is 1.84. The van der Waals surface area contributed by atoms with Gasteiger partial charge < -0.3 is 10.5 Å². The Balaban J connectivity index is 0. The van der Waals surface area contributed by atoms with Crippen molar-refractivity contribution in [2.24, 2.45) is 5.73 Å². The maximum atomic E-state index is 10.3. The number of methoxy groups -OCH3 is 1. The summed E-state index contributed by atoms with van der Waals surface area (Å²) in [5, 5.41) is 0. The van der Waals surface area contributed by atoms with Gasteiger partial charge in [-0.2, -0.15) is 0 Å². The highest BCUT2D eigenvalue weighted by atomic mass is 35.5. The highest BCUT2D eigenvalue weighted by molar-refractivity contribution is 6.19. The van der Waals surface area contributed by atoms with Gasteiger partial charge in [0.2, 0.25) is 0 Å². The normalized spacial score (nSPS) is 11.4. The fourth-order valence-electron chi connectivity index (χ4n) is 0.214. The van der Waals surface area contributed by atoms with Crippen LogP contribution in [0.2, 0.25) is 0 Å². The number of ether oxygens (including phenoxy) is 1. The molecule has 0 aromatic carbocycles. The van der Waals surface area contributed by atoms with Gasteiger partial charge >= 0.3 is 5.97 Å². The number of carbonyl (C=O) groups excluding carboxylic acids is 1. The zero-order valence-electron chi connectivity index (χ0n) is 4.96. The van der Waals surface area contributed by atoms with E-state index in [1.54, 1.807) is 0 Å². The number of halogens is 2. The molecule has 0 heterocycles. The standard InChI is InChI=1S/C4H8ClNO2.ClH/c1-8-4(7)3(6)2-5;/h3H,2,6H2,1H3;1H/t3-;/m1./s1. The maximum absolute atomic E-state index is 10.3. The molecule has 0 aliphatic heterocycles. The van der Waals surface area contributed by atoms with Gasteiger partial charge in [0, 0.05) is 5.88 Å². The first-order valence-corrected chi connectivity index (χ1v) is 2.65. The lowest BCUT2D eigenvalue weighted by molar-refractivity contribution is -0.141. The van der Waals surface area contributed by atoms with E-state index in [0.29, 0.717) is 0 Å². The van der Waals surface area contributed by atoms with Crippen LogP contribution in [0.5, 0.6) is 0 Å². The summed E-state index contributed by atoms with van der Waals surface area (Å²) >= 11 is 5.20. The Morgan fingerprint density at radius 2 is 2.33 bits per heavy atom. The van der Waals surface area contributed by atoms with Crippen LogP contribution in [0.3, 0.4) is 0 Å². The monoisotopic (exact) mass is 173 g/mol. The SMILES string of the molecule is COC(=O)[C@H](N)CCl.Cl. The molecule has 0 radical (unpaired) electrons. The molecule has 0 fully saturated rings. The van der Waals surface area contributed by atoms with E-state index >= 15 is 0 Å².